The van der Waals surface area contributed by atoms with E-state index in [4.69, 9.17) is 9.47 Å². The van der Waals surface area contributed by atoms with Crippen LogP contribution in [0.3, 0.4) is 0 Å². The molecule has 2 aliphatic rings. The van der Waals surface area contributed by atoms with Gasteiger partial charge in [-0.1, -0.05) is 6.07 Å². The largest absolute Gasteiger partial charge is 0.491 e. The number of fused-ring (bicyclic) bond motifs is 2. The van der Waals surface area contributed by atoms with Crippen LogP contribution in [0.1, 0.15) is 30.6 Å². The number of ether oxygens (including phenoxy) is 2. The topological polar surface area (TPSA) is 102 Å². The SMILES string of the molecule is Cc1ncnc2c1ccn2[C@@H]1C[C@H](Oc2cccc3c2CNC(C)CO3)[C@@H](O)[C@H]1O. The maximum absolute atomic E-state index is 10.8. The number of rotatable bonds is 3. The first-order chi connectivity index (χ1) is 14.5. The number of aromatic nitrogens is 3. The molecule has 3 N–H and O–H groups in total. The molecule has 1 saturated carbocycles. The van der Waals surface area contributed by atoms with E-state index >= 15 is 0 Å². The Hall–Kier alpha value is -2.68. The Bertz CT molecular complexity index is 1070. The van der Waals surface area contributed by atoms with Crippen molar-refractivity contribution in [3.63, 3.8) is 0 Å². The first kappa shape index (κ1) is 19.3. The fourth-order valence-corrected chi connectivity index (χ4v) is 4.40. The molecule has 5 atom stereocenters. The first-order valence-electron chi connectivity index (χ1n) is 10.3. The van der Waals surface area contributed by atoms with Gasteiger partial charge in [0.1, 0.15) is 48.4 Å². The lowest BCUT2D eigenvalue weighted by atomic mass is 10.1. The predicted molar refractivity (Wildman–Crippen MR) is 111 cm³/mol. The van der Waals surface area contributed by atoms with E-state index in [1.165, 1.54) is 6.33 Å². The Balaban J connectivity index is 1.42. The van der Waals surface area contributed by atoms with Gasteiger partial charge in [-0.3, -0.25) is 0 Å². The Morgan fingerprint density at radius 2 is 2.07 bits per heavy atom. The molecule has 1 aliphatic carbocycles. The predicted octanol–water partition coefficient (Wildman–Crippen LogP) is 1.72. The average Bonchev–Trinajstić information content (AvgIpc) is 3.21. The zero-order valence-electron chi connectivity index (χ0n) is 17.0. The summed E-state index contributed by atoms with van der Waals surface area (Å²) in [6.45, 7) is 5.21. The first-order valence-corrected chi connectivity index (χ1v) is 10.3. The maximum Gasteiger partial charge on any atom is 0.143 e. The van der Waals surface area contributed by atoms with Crippen LogP contribution in [0.25, 0.3) is 11.0 Å². The van der Waals surface area contributed by atoms with Gasteiger partial charge in [0.05, 0.1) is 11.7 Å². The minimum atomic E-state index is -1.01. The second kappa shape index (κ2) is 7.54. The molecule has 0 amide bonds. The molecule has 8 nitrogen and oxygen atoms in total. The highest BCUT2D eigenvalue weighted by molar-refractivity contribution is 5.78. The number of nitrogens with one attached hydrogen (secondary N) is 1. The molecule has 8 heteroatoms. The van der Waals surface area contributed by atoms with Crippen molar-refractivity contribution in [2.24, 2.45) is 0 Å². The van der Waals surface area contributed by atoms with E-state index in [2.05, 4.69) is 22.2 Å². The van der Waals surface area contributed by atoms with Crippen LogP contribution in [-0.2, 0) is 6.54 Å². The van der Waals surface area contributed by atoms with Crippen LogP contribution < -0.4 is 14.8 Å². The summed E-state index contributed by atoms with van der Waals surface area (Å²) in [6, 6.07) is 7.54. The second-order valence-electron chi connectivity index (χ2n) is 8.19. The number of hydrogen-bond donors (Lipinski definition) is 3. The molecule has 1 fully saturated rings. The van der Waals surface area contributed by atoms with Crippen molar-refractivity contribution in [1.82, 2.24) is 19.9 Å². The van der Waals surface area contributed by atoms with Crippen LogP contribution in [0.4, 0.5) is 0 Å². The van der Waals surface area contributed by atoms with Crippen LogP contribution in [0, 0.1) is 6.92 Å². The summed E-state index contributed by atoms with van der Waals surface area (Å²) in [5.41, 5.74) is 2.56. The van der Waals surface area contributed by atoms with Gasteiger partial charge in [-0.25, -0.2) is 9.97 Å². The molecule has 0 saturated heterocycles. The molecule has 1 unspecified atom stereocenters. The Morgan fingerprint density at radius 3 is 2.93 bits per heavy atom. The van der Waals surface area contributed by atoms with E-state index in [0.29, 0.717) is 25.3 Å². The molecule has 1 aromatic carbocycles. The quantitative estimate of drug-likeness (QED) is 0.604. The third-order valence-electron chi connectivity index (χ3n) is 6.15. The summed E-state index contributed by atoms with van der Waals surface area (Å²) in [4.78, 5) is 8.61. The molecule has 5 rings (SSSR count). The Morgan fingerprint density at radius 1 is 1.20 bits per heavy atom. The van der Waals surface area contributed by atoms with E-state index in [9.17, 15) is 10.2 Å². The summed E-state index contributed by atoms with van der Waals surface area (Å²) in [7, 11) is 0. The number of benzene rings is 1. The molecule has 3 heterocycles. The maximum atomic E-state index is 10.8. The third-order valence-corrected chi connectivity index (χ3v) is 6.15. The normalized spacial score (nSPS) is 28.7. The lowest BCUT2D eigenvalue weighted by Gasteiger charge is -2.21. The summed E-state index contributed by atoms with van der Waals surface area (Å²) < 4.78 is 14.0. The minimum Gasteiger partial charge on any atom is -0.491 e. The second-order valence-corrected chi connectivity index (χ2v) is 8.19. The smallest absolute Gasteiger partial charge is 0.143 e. The monoisotopic (exact) mass is 410 g/mol. The van der Waals surface area contributed by atoms with E-state index in [-0.39, 0.29) is 12.1 Å². The Labute approximate surface area is 174 Å². The molecule has 2 aromatic heterocycles. The lowest BCUT2D eigenvalue weighted by Crippen LogP contribution is -2.34. The minimum absolute atomic E-state index is 0.237. The molecule has 0 spiro atoms. The molecule has 158 valence electrons. The van der Waals surface area contributed by atoms with E-state index in [0.717, 1.165) is 28.0 Å². The number of hydrogen-bond acceptors (Lipinski definition) is 7. The third kappa shape index (κ3) is 3.21. The van der Waals surface area contributed by atoms with Gasteiger partial charge in [-0.15, -0.1) is 0 Å². The van der Waals surface area contributed by atoms with E-state index in [1.54, 1.807) is 0 Å². The molecule has 0 radical (unpaired) electrons. The molecule has 1 aliphatic heterocycles. The van der Waals surface area contributed by atoms with Gasteiger partial charge >= 0.3 is 0 Å². The highest BCUT2D eigenvalue weighted by atomic mass is 16.5. The molecular formula is C22H26N4O4. The van der Waals surface area contributed by atoms with Crippen molar-refractivity contribution in [3.8, 4) is 11.5 Å². The van der Waals surface area contributed by atoms with Crippen molar-refractivity contribution in [3.05, 3.63) is 48.0 Å². The highest BCUT2D eigenvalue weighted by Crippen LogP contribution is 2.38. The number of nitrogens with zero attached hydrogens (tertiary/aromatic N) is 3. The lowest BCUT2D eigenvalue weighted by molar-refractivity contribution is -0.0166. The van der Waals surface area contributed by atoms with Crippen LogP contribution in [0.2, 0.25) is 0 Å². The van der Waals surface area contributed by atoms with E-state index < -0.39 is 18.3 Å². The fraction of sp³-hybridized carbons (Fsp3) is 0.455. The van der Waals surface area contributed by atoms with Gasteiger partial charge in [0.25, 0.3) is 0 Å². The Kier molecular flexibility index (Phi) is 4.85. The molecular weight excluding hydrogens is 384 g/mol. The van der Waals surface area contributed by atoms with Gasteiger partial charge in [0.15, 0.2) is 0 Å². The van der Waals surface area contributed by atoms with Gasteiger partial charge in [-0.2, -0.15) is 0 Å². The van der Waals surface area contributed by atoms with Gasteiger partial charge in [-0.05, 0) is 32.0 Å². The van der Waals surface area contributed by atoms with Crippen LogP contribution >= 0.6 is 0 Å². The highest BCUT2D eigenvalue weighted by Gasteiger charge is 2.44. The van der Waals surface area contributed by atoms with Crippen molar-refractivity contribution in [1.29, 1.82) is 0 Å². The number of aliphatic hydroxyl groups excluding tert-OH is 2. The van der Waals surface area contributed by atoms with Crippen molar-refractivity contribution < 1.29 is 19.7 Å². The fourth-order valence-electron chi connectivity index (χ4n) is 4.40. The summed E-state index contributed by atoms with van der Waals surface area (Å²) >= 11 is 0. The van der Waals surface area contributed by atoms with Crippen LogP contribution in [-0.4, -0.2) is 55.7 Å². The zero-order chi connectivity index (χ0) is 20.8. The van der Waals surface area contributed by atoms with Crippen molar-refractivity contribution in [2.45, 2.75) is 57.2 Å². The van der Waals surface area contributed by atoms with Gasteiger partial charge in [0.2, 0.25) is 0 Å². The molecule has 0 bridgehead atoms. The summed E-state index contributed by atoms with van der Waals surface area (Å²) in [5, 5.41) is 25.9. The number of aryl methyl sites for hydroxylation is 1. The van der Waals surface area contributed by atoms with Crippen molar-refractivity contribution >= 4 is 11.0 Å². The van der Waals surface area contributed by atoms with Gasteiger partial charge in [0, 0.05) is 36.2 Å². The standard InChI is InChI=1S/C22H26N4O4/c1-12-10-29-17-4-3-5-18(15(17)9-23-12)30-19-8-16(20(27)21(19)28)26-7-6-14-13(2)24-11-25-22(14)26/h3-7,11-12,16,19-21,23,27-28H,8-10H2,1-2H3/t12?,16-,19+,20+,21-/m1/s1. The van der Waals surface area contributed by atoms with Crippen LogP contribution in [0.15, 0.2) is 36.8 Å². The summed E-state index contributed by atoms with van der Waals surface area (Å²) in [5.74, 6) is 1.46. The average molecular weight is 410 g/mol. The molecule has 30 heavy (non-hydrogen) atoms. The molecule has 3 aromatic rings. The van der Waals surface area contributed by atoms with Gasteiger partial charge < -0.3 is 29.6 Å². The summed E-state index contributed by atoms with van der Waals surface area (Å²) in [6.07, 6.45) is 1.36. The van der Waals surface area contributed by atoms with Crippen LogP contribution in [0.5, 0.6) is 11.5 Å². The van der Waals surface area contributed by atoms with E-state index in [1.807, 2.05) is 42.0 Å². The zero-order valence-corrected chi connectivity index (χ0v) is 17.0. The number of aliphatic hydroxyl groups is 2. The van der Waals surface area contributed by atoms with Crippen molar-refractivity contribution in [2.75, 3.05) is 6.61 Å².